The van der Waals surface area contributed by atoms with Gasteiger partial charge in [0, 0.05) is 35.0 Å². The van der Waals surface area contributed by atoms with Crippen LogP contribution in [0.15, 0.2) is 83.0 Å². The third-order valence-electron chi connectivity index (χ3n) is 6.41. The predicted molar refractivity (Wildman–Crippen MR) is 153 cm³/mol. The molecule has 2 heterocycles. The van der Waals surface area contributed by atoms with Crippen LogP contribution in [0.2, 0.25) is 0 Å². The van der Waals surface area contributed by atoms with Crippen LogP contribution >= 0.6 is 27.3 Å². The Bertz CT molecular complexity index is 1580. The van der Waals surface area contributed by atoms with E-state index >= 15 is 0 Å². The van der Waals surface area contributed by atoms with Crippen LogP contribution in [0.1, 0.15) is 32.1 Å². The normalized spacial score (nSPS) is 14.4. The zero-order valence-electron chi connectivity index (χ0n) is 20.6. The zero-order valence-corrected chi connectivity index (χ0v) is 23.0. The van der Waals surface area contributed by atoms with E-state index in [4.69, 9.17) is 4.74 Å². The number of methoxy groups -OCH3 is 1. The fourth-order valence-corrected chi connectivity index (χ4v) is 5.80. The number of likely N-dealkylation sites (N-methyl/N-ethyl adjacent to an activating group) is 1. The van der Waals surface area contributed by atoms with Gasteiger partial charge in [-0.25, -0.2) is 4.79 Å². The number of allylic oxidation sites excluding steroid dienone is 3. The first-order valence-electron chi connectivity index (χ1n) is 11.6. The molecule has 0 aliphatic carbocycles. The molecule has 4 aromatic rings. The molecule has 0 bridgehead atoms. The Hall–Kier alpha value is -3.48. The Kier molecular flexibility index (Phi) is 6.65. The number of esters is 1. The zero-order chi connectivity index (χ0) is 25.4. The quantitative estimate of drug-likeness (QED) is 0.197. The average molecular weight is 559 g/mol. The summed E-state index contributed by atoms with van der Waals surface area (Å²) < 4.78 is 9.37. The van der Waals surface area contributed by atoms with Gasteiger partial charge in [-0.1, -0.05) is 57.1 Å². The molecule has 0 amide bonds. The molecule has 180 valence electrons. The fourth-order valence-electron chi connectivity index (χ4n) is 4.37. The Morgan fingerprint density at radius 3 is 2.53 bits per heavy atom. The lowest BCUT2D eigenvalue weighted by molar-refractivity contribution is -0.642. The lowest BCUT2D eigenvalue weighted by atomic mass is 9.99. The Labute approximate surface area is 223 Å². The van der Waals surface area contributed by atoms with Gasteiger partial charge in [0.15, 0.2) is 0 Å². The van der Waals surface area contributed by atoms with Gasteiger partial charge < -0.3 is 9.64 Å². The second-order valence-electron chi connectivity index (χ2n) is 8.80. The van der Waals surface area contributed by atoms with Crippen LogP contribution in [0, 0.1) is 6.92 Å². The number of benzene rings is 3. The first-order valence-corrected chi connectivity index (χ1v) is 13.2. The smallest absolute Gasteiger partial charge is 0.337 e. The van der Waals surface area contributed by atoms with E-state index in [1.165, 1.54) is 34.1 Å². The van der Waals surface area contributed by atoms with Gasteiger partial charge in [-0.3, -0.25) is 0 Å². The van der Waals surface area contributed by atoms with Crippen molar-refractivity contribution in [2.45, 2.75) is 6.92 Å². The Morgan fingerprint density at radius 1 is 1.03 bits per heavy atom. The first kappa shape index (κ1) is 24.2. The lowest BCUT2D eigenvalue weighted by Gasteiger charge is -2.27. The molecule has 4 nitrogen and oxygen atoms in total. The standard InChI is InChI=1S/C30H26BrN2O2S/c1-19-5-13-26-22(15-19)10-12-25(32(26)2)16-23(20-6-8-21(9-7-20)30(34)35-4)17-29-33(3)27-18-24(31)11-14-28(27)36-29/h5-18H,1-4H3/q+1. The minimum absolute atomic E-state index is 0.339. The monoisotopic (exact) mass is 557 g/mol. The minimum Gasteiger partial charge on any atom is -0.465 e. The number of aryl methyl sites for hydroxylation is 2. The number of fused-ring (bicyclic) bond motifs is 2. The van der Waals surface area contributed by atoms with Gasteiger partial charge in [0.25, 0.3) is 5.01 Å². The number of thiazole rings is 1. The van der Waals surface area contributed by atoms with Gasteiger partial charge in [-0.05, 0) is 72.2 Å². The first-order chi connectivity index (χ1) is 17.3. The Balaban J connectivity index is 1.63. The van der Waals surface area contributed by atoms with Crippen molar-refractivity contribution < 1.29 is 14.1 Å². The highest BCUT2D eigenvalue weighted by atomic mass is 79.9. The maximum absolute atomic E-state index is 12.0. The van der Waals surface area contributed by atoms with Gasteiger partial charge >= 0.3 is 5.97 Å². The molecule has 1 aliphatic heterocycles. The maximum atomic E-state index is 12.0. The second kappa shape index (κ2) is 9.88. The molecule has 0 fully saturated rings. The van der Waals surface area contributed by atoms with Crippen LogP contribution in [0.5, 0.6) is 0 Å². The van der Waals surface area contributed by atoms with Crippen LogP contribution < -0.4 is 9.47 Å². The van der Waals surface area contributed by atoms with E-state index in [0.29, 0.717) is 5.56 Å². The number of anilines is 1. The van der Waals surface area contributed by atoms with E-state index < -0.39 is 0 Å². The van der Waals surface area contributed by atoms with E-state index in [1.54, 1.807) is 11.3 Å². The summed E-state index contributed by atoms with van der Waals surface area (Å²) in [6.07, 6.45) is 8.74. The summed E-state index contributed by atoms with van der Waals surface area (Å²) in [4.78, 5) is 14.2. The number of nitrogens with zero attached hydrogens (tertiary/aromatic N) is 2. The molecule has 6 heteroatoms. The van der Waals surface area contributed by atoms with Crippen LogP contribution in [0.3, 0.4) is 0 Å². The van der Waals surface area contributed by atoms with E-state index in [-0.39, 0.29) is 5.97 Å². The molecule has 1 aromatic heterocycles. The third-order valence-corrected chi connectivity index (χ3v) is 8.07. The second-order valence-corrected chi connectivity index (χ2v) is 10.8. The van der Waals surface area contributed by atoms with Crippen LogP contribution in [-0.2, 0) is 11.8 Å². The third kappa shape index (κ3) is 4.66. The van der Waals surface area contributed by atoms with Crippen molar-refractivity contribution in [2.75, 3.05) is 19.1 Å². The number of ether oxygens (including phenoxy) is 1. The predicted octanol–water partition coefficient (Wildman–Crippen LogP) is 7.17. The van der Waals surface area contributed by atoms with Gasteiger partial charge in [0.05, 0.1) is 12.7 Å². The average Bonchev–Trinajstić information content (AvgIpc) is 3.19. The summed E-state index contributed by atoms with van der Waals surface area (Å²) in [5, 5.41) is 1.13. The van der Waals surface area contributed by atoms with Crippen molar-refractivity contribution in [3.05, 3.63) is 110 Å². The Morgan fingerprint density at radius 2 is 1.78 bits per heavy atom. The van der Waals surface area contributed by atoms with Gasteiger partial charge in [-0.2, -0.15) is 4.57 Å². The number of carbonyl (C=O) groups is 1. The maximum Gasteiger partial charge on any atom is 0.337 e. The van der Waals surface area contributed by atoms with Crippen molar-refractivity contribution in [1.29, 1.82) is 0 Å². The number of halogens is 1. The van der Waals surface area contributed by atoms with Crippen molar-refractivity contribution in [3.63, 3.8) is 0 Å². The molecular weight excluding hydrogens is 532 g/mol. The molecule has 0 saturated heterocycles. The molecule has 0 radical (unpaired) electrons. The number of hydrogen-bond donors (Lipinski definition) is 0. The highest BCUT2D eigenvalue weighted by Gasteiger charge is 2.19. The largest absolute Gasteiger partial charge is 0.465 e. The van der Waals surface area contributed by atoms with E-state index in [1.807, 2.05) is 24.3 Å². The summed E-state index contributed by atoms with van der Waals surface area (Å²) in [5.41, 5.74) is 8.49. The van der Waals surface area contributed by atoms with E-state index in [2.05, 4.69) is 107 Å². The molecule has 0 spiro atoms. The van der Waals surface area contributed by atoms with Crippen LogP contribution in [0.25, 0.3) is 27.9 Å². The summed E-state index contributed by atoms with van der Waals surface area (Å²) in [6, 6.07) is 20.4. The molecule has 0 unspecified atom stereocenters. The van der Waals surface area contributed by atoms with Crippen molar-refractivity contribution >= 4 is 66.9 Å². The topological polar surface area (TPSA) is 33.4 Å². The van der Waals surface area contributed by atoms with Crippen molar-refractivity contribution in [2.24, 2.45) is 7.05 Å². The fraction of sp³-hybridized carbons (Fsp3) is 0.133. The molecule has 1 aliphatic rings. The van der Waals surface area contributed by atoms with Crippen LogP contribution in [0.4, 0.5) is 5.69 Å². The summed E-state index contributed by atoms with van der Waals surface area (Å²) in [6.45, 7) is 2.11. The summed E-state index contributed by atoms with van der Waals surface area (Å²) in [5.74, 6) is -0.339. The molecular formula is C30H26BrN2O2S+. The molecule has 0 saturated carbocycles. The van der Waals surface area contributed by atoms with Gasteiger partial charge in [0.1, 0.15) is 11.7 Å². The van der Waals surface area contributed by atoms with Gasteiger partial charge in [-0.15, -0.1) is 0 Å². The molecule has 0 atom stereocenters. The highest BCUT2D eigenvalue weighted by Crippen LogP contribution is 2.33. The number of rotatable bonds is 4. The number of aromatic nitrogens is 1. The molecule has 36 heavy (non-hydrogen) atoms. The minimum atomic E-state index is -0.339. The number of carbonyl (C=O) groups excluding carboxylic acids is 1. The van der Waals surface area contributed by atoms with Crippen LogP contribution in [-0.4, -0.2) is 20.1 Å². The summed E-state index contributed by atoms with van der Waals surface area (Å²) in [7, 11) is 5.59. The number of hydrogen-bond acceptors (Lipinski definition) is 4. The van der Waals surface area contributed by atoms with E-state index in [9.17, 15) is 4.79 Å². The molecule has 3 aromatic carbocycles. The van der Waals surface area contributed by atoms with Gasteiger partial charge in [0.2, 0.25) is 5.52 Å². The van der Waals surface area contributed by atoms with E-state index in [0.717, 1.165) is 26.3 Å². The SMILES string of the molecule is COC(=O)c1ccc(C(=C\c2sc3ccc(Br)cc3[n+]2C)/C=C2\C=Cc3cc(C)ccc3N2C)cc1. The molecule has 5 rings (SSSR count). The molecule has 0 N–H and O–H groups in total. The van der Waals surface area contributed by atoms with Crippen molar-refractivity contribution in [1.82, 2.24) is 0 Å². The highest BCUT2D eigenvalue weighted by molar-refractivity contribution is 9.10. The lowest BCUT2D eigenvalue weighted by Crippen LogP contribution is -2.29. The summed E-state index contributed by atoms with van der Waals surface area (Å²) >= 11 is 5.34. The van der Waals surface area contributed by atoms with Crippen molar-refractivity contribution in [3.8, 4) is 0 Å².